The van der Waals surface area contributed by atoms with Crippen molar-refractivity contribution in [3.05, 3.63) is 35.6 Å². The van der Waals surface area contributed by atoms with Gasteiger partial charge in [-0.15, -0.1) is 0 Å². The second kappa shape index (κ2) is 3.80. The summed E-state index contributed by atoms with van der Waals surface area (Å²) in [6, 6.07) is 5.04. The number of hydrogen-bond acceptors (Lipinski definition) is 4. The molecule has 0 spiro atoms. The summed E-state index contributed by atoms with van der Waals surface area (Å²) in [6.45, 7) is 3.47. The van der Waals surface area contributed by atoms with E-state index in [1.165, 1.54) is 7.11 Å². The van der Waals surface area contributed by atoms with Crippen LogP contribution in [0.1, 0.15) is 24.2 Å². The summed E-state index contributed by atoms with van der Waals surface area (Å²) in [6.07, 6.45) is 0.810. The number of carbonyl (C=O) groups is 1. The van der Waals surface area contributed by atoms with Crippen LogP contribution in [-0.2, 0) is 0 Å². The Hall–Kier alpha value is -1.97. The molecular formula is C13H14O4. The van der Waals surface area contributed by atoms with Gasteiger partial charge in [-0.1, -0.05) is 0 Å². The van der Waals surface area contributed by atoms with Crippen LogP contribution in [0.3, 0.4) is 0 Å². The van der Waals surface area contributed by atoms with E-state index in [9.17, 15) is 4.79 Å². The van der Waals surface area contributed by atoms with Gasteiger partial charge in [0.1, 0.15) is 17.1 Å². The van der Waals surface area contributed by atoms with Crippen LogP contribution in [-0.4, -0.2) is 23.6 Å². The lowest BCUT2D eigenvalue weighted by molar-refractivity contribution is 0.0843. The number of hydrogen-bond donors (Lipinski definition) is 1. The van der Waals surface area contributed by atoms with Gasteiger partial charge in [-0.25, -0.2) is 0 Å². The summed E-state index contributed by atoms with van der Waals surface area (Å²) >= 11 is 0. The molecule has 1 heterocycles. The number of rotatable bonds is 1. The molecule has 0 unspecified atom stereocenters. The molecule has 4 nitrogen and oxygen atoms in total. The van der Waals surface area contributed by atoms with Gasteiger partial charge in [0.15, 0.2) is 5.78 Å². The maximum Gasteiger partial charge on any atom is 0.199 e. The Balaban J connectivity index is 2.58. The van der Waals surface area contributed by atoms with E-state index in [1.807, 2.05) is 0 Å². The van der Waals surface area contributed by atoms with Crippen LogP contribution in [0.25, 0.3) is 0 Å². The topological polar surface area (TPSA) is 55.8 Å². The maximum absolute atomic E-state index is 12.2. The van der Waals surface area contributed by atoms with Gasteiger partial charge >= 0.3 is 0 Å². The molecule has 0 aliphatic carbocycles. The van der Waals surface area contributed by atoms with Crippen LogP contribution in [0.5, 0.6) is 11.5 Å². The number of ketones is 1. The molecule has 4 heteroatoms. The molecule has 0 amide bonds. The van der Waals surface area contributed by atoms with Crippen LogP contribution in [0.2, 0.25) is 0 Å². The third-order valence-corrected chi connectivity index (χ3v) is 2.82. The predicted octanol–water partition coefficient (Wildman–Crippen LogP) is 2.49. The van der Waals surface area contributed by atoms with Gasteiger partial charge in [0.2, 0.25) is 0 Å². The van der Waals surface area contributed by atoms with Crippen molar-refractivity contribution in [1.82, 2.24) is 0 Å². The SMILES string of the molecule is COc1ccc2c(c1)C(=O)/C(=C\O)C(C)(C)O2. The molecule has 1 aliphatic heterocycles. The Kier molecular flexibility index (Phi) is 2.58. The average Bonchev–Trinajstić information content (AvgIpc) is 2.28. The maximum atomic E-state index is 12.2. The molecule has 1 aromatic carbocycles. The van der Waals surface area contributed by atoms with Crippen LogP contribution in [0, 0.1) is 0 Å². The lowest BCUT2D eigenvalue weighted by Crippen LogP contribution is -2.39. The summed E-state index contributed by atoms with van der Waals surface area (Å²) in [5.74, 6) is 0.849. The van der Waals surface area contributed by atoms with Crippen LogP contribution < -0.4 is 9.47 Å². The summed E-state index contributed by atoms with van der Waals surface area (Å²) in [5, 5.41) is 9.16. The van der Waals surface area contributed by atoms with E-state index in [2.05, 4.69) is 0 Å². The number of fused-ring (bicyclic) bond motifs is 1. The second-order valence-corrected chi connectivity index (χ2v) is 4.35. The quantitative estimate of drug-likeness (QED) is 0.599. The molecule has 1 aromatic rings. The van der Waals surface area contributed by atoms with Crippen molar-refractivity contribution in [2.24, 2.45) is 0 Å². The Morgan fingerprint density at radius 2 is 2.12 bits per heavy atom. The van der Waals surface area contributed by atoms with E-state index in [0.29, 0.717) is 17.1 Å². The fourth-order valence-corrected chi connectivity index (χ4v) is 1.86. The number of methoxy groups -OCH3 is 1. The smallest absolute Gasteiger partial charge is 0.199 e. The molecule has 0 saturated heterocycles. The van der Waals surface area contributed by atoms with Gasteiger partial charge in [-0.2, -0.15) is 0 Å². The van der Waals surface area contributed by atoms with Crippen LogP contribution in [0.4, 0.5) is 0 Å². The van der Waals surface area contributed by atoms with Gasteiger partial charge in [0.25, 0.3) is 0 Å². The van der Waals surface area contributed by atoms with Crippen molar-refractivity contribution in [1.29, 1.82) is 0 Å². The molecule has 2 rings (SSSR count). The number of carbonyl (C=O) groups excluding carboxylic acids is 1. The van der Waals surface area contributed by atoms with Crippen LogP contribution in [0.15, 0.2) is 30.0 Å². The largest absolute Gasteiger partial charge is 0.515 e. The van der Waals surface area contributed by atoms with E-state index >= 15 is 0 Å². The van der Waals surface area contributed by atoms with Gasteiger partial charge in [-0.05, 0) is 32.0 Å². The highest BCUT2D eigenvalue weighted by atomic mass is 16.5. The zero-order valence-corrected chi connectivity index (χ0v) is 9.98. The Bertz CT molecular complexity index is 500. The number of aliphatic hydroxyl groups is 1. The minimum atomic E-state index is -0.826. The first-order chi connectivity index (χ1) is 7.99. The first kappa shape index (κ1) is 11.5. The number of aliphatic hydroxyl groups excluding tert-OH is 1. The zero-order valence-electron chi connectivity index (χ0n) is 9.98. The monoisotopic (exact) mass is 234 g/mol. The van der Waals surface area contributed by atoms with Crippen LogP contribution >= 0.6 is 0 Å². The number of ether oxygens (including phenoxy) is 2. The molecule has 1 aliphatic rings. The molecule has 17 heavy (non-hydrogen) atoms. The predicted molar refractivity (Wildman–Crippen MR) is 62.7 cm³/mol. The summed E-state index contributed by atoms with van der Waals surface area (Å²) in [7, 11) is 1.53. The summed E-state index contributed by atoms with van der Waals surface area (Å²) in [5.41, 5.74) is -0.185. The second-order valence-electron chi connectivity index (χ2n) is 4.35. The van der Waals surface area contributed by atoms with Crippen molar-refractivity contribution in [3.8, 4) is 11.5 Å². The number of Topliss-reactive ketones (excluding diaryl/α,β-unsaturated/α-hetero) is 1. The van der Waals surface area contributed by atoms with Gasteiger partial charge < -0.3 is 14.6 Å². The van der Waals surface area contributed by atoms with Crippen molar-refractivity contribution < 1.29 is 19.4 Å². The Labute approximate surface area is 99.5 Å². The van der Waals surface area contributed by atoms with E-state index in [4.69, 9.17) is 14.6 Å². The standard InChI is InChI=1S/C13H14O4/c1-13(2)10(7-14)12(15)9-6-8(16-3)4-5-11(9)17-13/h4-7,14H,1-3H3/b10-7+. The third kappa shape index (κ3) is 1.75. The number of benzene rings is 1. The Morgan fingerprint density at radius 1 is 1.41 bits per heavy atom. The van der Waals surface area contributed by atoms with Gasteiger partial charge in [0.05, 0.1) is 24.5 Å². The molecule has 0 bridgehead atoms. The van der Waals surface area contributed by atoms with E-state index < -0.39 is 5.60 Å². The Morgan fingerprint density at radius 3 is 2.71 bits per heavy atom. The van der Waals surface area contributed by atoms with Gasteiger partial charge in [0, 0.05) is 0 Å². The molecule has 0 radical (unpaired) electrons. The van der Waals surface area contributed by atoms with Crippen molar-refractivity contribution in [2.45, 2.75) is 19.4 Å². The molecular weight excluding hydrogens is 220 g/mol. The lowest BCUT2D eigenvalue weighted by Gasteiger charge is -2.33. The first-order valence-corrected chi connectivity index (χ1v) is 5.26. The summed E-state index contributed by atoms with van der Waals surface area (Å²) in [4.78, 5) is 12.2. The average molecular weight is 234 g/mol. The van der Waals surface area contributed by atoms with Crippen molar-refractivity contribution in [3.63, 3.8) is 0 Å². The van der Waals surface area contributed by atoms with E-state index in [0.717, 1.165) is 6.26 Å². The molecule has 0 atom stereocenters. The van der Waals surface area contributed by atoms with E-state index in [1.54, 1.807) is 32.0 Å². The highest BCUT2D eigenvalue weighted by Crippen LogP contribution is 2.37. The highest BCUT2D eigenvalue weighted by Gasteiger charge is 2.38. The molecule has 1 N–H and O–H groups in total. The van der Waals surface area contributed by atoms with E-state index in [-0.39, 0.29) is 11.4 Å². The minimum Gasteiger partial charge on any atom is -0.515 e. The first-order valence-electron chi connectivity index (χ1n) is 5.26. The molecule has 0 fully saturated rings. The fraction of sp³-hybridized carbons (Fsp3) is 0.308. The molecule has 0 aromatic heterocycles. The lowest BCUT2D eigenvalue weighted by atomic mass is 9.88. The normalized spacial score (nSPS) is 19.7. The minimum absolute atomic E-state index is 0.234. The zero-order chi connectivity index (χ0) is 12.6. The van der Waals surface area contributed by atoms with Gasteiger partial charge in [-0.3, -0.25) is 4.79 Å². The third-order valence-electron chi connectivity index (χ3n) is 2.82. The summed E-state index contributed by atoms with van der Waals surface area (Å²) < 4.78 is 10.7. The van der Waals surface area contributed by atoms with Crippen molar-refractivity contribution >= 4 is 5.78 Å². The molecule has 90 valence electrons. The fourth-order valence-electron chi connectivity index (χ4n) is 1.86. The molecule has 0 saturated carbocycles. The van der Waals surface area contributed by atoms with Crippen molar-refractivity contribution in [2.75, 3.05) is 7.11 Å². The highest BCUT2D eigenvalue weighted by molar-refractivity contribution is 6.12.